The minimum Gasteiger partial charge on any atom is -0.382 e. The number of benzene rings is 1. The van der Waals surface area contributed by atoms with Gasteiger partial charge in [-0.05, 0) is 62.8 Å². The molecule has 0 spiro atoms. The van der Waals surface area contributed by atoms with Crippen LogP contribution in [0.4, 0.5) is 23.7 Å². The molecular formula is C21H24ClF3N4O. The van der Waals surface area contributed by atoms with Gasteiger partial charge in [0.05, 0.1) is 5.52 Å². The molecule has 2 aliphatic rings. The minimum absolute atomic E-state index is 0.00289. The van der Waals surface area contributed by atoms with Gasteiger partial charge in [0.15, 0.2) is 0 Å². The van der Waals surface area contributed by atoms with Gasteiger partial charge >= 0.3 is 12.2 Å². The number of carbonyl (C=O) groups is 1. The van der Waals surface area contributed by atoms with Gasteiger partial charge in [-0.1, -0.05) is 11.6 Å². The van der Waals surface area contributed by atoms with E-state index >= 15 is 0 Å². The quantitative estimate of drug-likeness (QED) is 0.668. The van der Waals surface area contributed by atoms with Gasteiger partial charge < -0.3 is 15.5 Å². The van der Waals surface area contributed by atoms with Crippen LogP contribution in [0, 0.1) is 0 Å². The fourth-order valence-corrected chi connectivity index (χ4v) is 4.49. The maximum Gasteiger partial charge on any atom is 0.433 e. The Morgan fingerprint density at radius 1 is 1.10 bits per heavy atom. The van der Waals surface area contributed by atoms with Crippen LogP contribution in [0.1, 0.15) is 44.2 Å². The van der Waals surface area contributed by atoms with Crippen LogP contribution >= 0.6 is 11.6 Å². The summed E-state index contributed by atoms with van der Waals surface area (Å²) in [4.78, 5) is 18.0. The average Bonchev–Trinajstić information content (AvgIpc) is 3.23. The van der Waals surface area contributed by atoms with E-state index in [9.17, 15) is 18.0 Å². The Morgan fingerprint density at radius 2 is 1.83 bits per heavy atom. The van der Waals surface area contributed by atoms with Crippen molar-refractivity contribution in [3.8, 4) is 0 Å². The third kappa shape index (κ3) is 4.74. The van der Waals surface area contributed by atoms with Crippen molar-refractivity contribution >= 4 is 34.2 Å². The molecule has 9 heteroatoms. The van der Waals surface area contributed by atoms with Crippen LogP contribution in [0.3, 0.4) is 0 Å². The molecule has 2 aromatic rings. The maximum absolute atomic E-state index is 13.3. The number of anilines is 1. The number of fused-ring (bicyclic) bond motifs is 1. The zero-order chi connectivity index (χ0) is 21.3. The molecule has 2 heterocycles. The predicted molar refractivity (Wildman–Crippen MR) is 111 cm³/mol. The van der Waals surface area contributed by atoms with Crippen molar-refractivity contribution in [3.05, 3.63) is 35.0 Å². The number of hydrogen-bond donors (Lipinski definition) is 2. The van der Waals surface area contributed by atoms with Crippen molar-refractivity contribution in [2.75, 3.05) is 18.4 Å². The number of rotatable bonds is 3. The van der Waals surface area contributed by atoms with E-state index in [0.717, 1.165) is 51.3 Å². The number of alkyl halides is 3. The maximum atomic E-state index is 13.3. The van der Waals surface area contributed by atoms with Crippen LogP contribution < -0.4 is 10.6 Å². The third-order valence-electron chi connectivity index (χ3n) is 5.82. The largest absolute Gasteiger partial charge is 0.433 e. The monoisotopic (exact) mass is 440 g/mol. The smallest absolute Gasteiger partial charge is 0.382 e. The van der Waals surface area contributed by atoms with E-state index in [-0.39, 0.29) is 23.6 Å². The lowest BCUT2D eigenvalue weighted by atomic mass is 9.90. The number of carbonyl (C=O) groups excluding carboxylic acids is 1. The van der Waals surface area contributed by atoms with Crippen molar-refractivity contribution in [1.82, 2.24) is 15.2 Å². The summed E-state index contributed by atoms with van der Waals surface area (Å²) in [7, 11) is 0. The van der Waals surface area contributed by atoms with E-state index in [0.29, 0.717) is 22.5 Å². The first-order chi connectivity index (χ1) is 14.3. The lowest BCUT2D eigenvalue weighted by molar-refractivity contribution is -0.140. The van der Waals surface area contributed by atoms with Crippen LogP contribution in [-0.2, 0) is 6.18 Å². The molecule has 1 unspecified atom stereocenters. The van der Waals surface area contributed by atoms with Crippen LogP contribution in [-0.4, -0.2) is 41.1 Å². The highest BCUT2D eigenvalue weighted by Crippen LogP contribution is 2.35. The molecule has 2 fully saturated rings. The first kappa shape index (κ1) is 21.0. The number of likely N-dealkylation sites (tertiary alicyclic amines) is 1. The molecule has 1 saturated heterocycles. The number of nitrogens with one attached hydrogen (secondary N) is 2. The average molecular weight is 441 g/mol. The molecule has 2 N–H and O–H groups in total. The Kier molecular flexibility index (Phi) is 5.95. The number of aromatic nitrogens is 1. The Bertz CT molecular complexity index is 930. The highest BCUT2D eigenvalue weighted by atomic mass is 35.5. The molecule has 4 rings (SSSR count). The molecule has 1 aliphatic carbocycles. The molecule has 2 amide bonds. The number of nitrogens with zero attached hydrogens (tertiary/aromatic N) is 2. The molecule has 1 saturated carbocycles. The predicted octanol–water partition coefficient (Wildman–Crippen LogP) is 5.44. The van der Waals surface area contributed by atoms with Crippen LogP contribution in [0.25, 0.3) is 10.9 Å². The first-order valence-electron chi connectivity index (χ1n) is 10.3. The van der Waals surface area contributed by atoms with Gasteiger partial charge in [-0.3, -0.25) is 0 Å². The van der Waals surface area contributed by atoms with E-state index in [1.807, 2.05) is 4.90 Å². The lowest BCUT2D eigenvalue weighted by Gasteiger charge is -2.32. The second kappa shape index (κ2) is 8.49. The van der Waals surface area contributed by atoms with Gasteiger partial charge in [-0.15, -0.1) is 0 Å². The van der Waals surface area contributed by atoms with Crippen molar-refractivity contribution in [2.24, 2.45) is 0 Å². The summed E-state index contributed by atoms with van der Waals surface area (Å²) in [6.45, 7) is 1.56. The number of hydrogen-bond acceptors (Lipinski definition) is 3. The van der Waals surface area contributed by atoms with Gasteiger partial charge in [0.1, 0.15) is 5.69 Å². The minimum atomic E-state index is -4.54. The summed E-state index contributed by atoms with van der Waals surface area (Å²) in [6, 6.07) is 5.62. The van der Waals surface area contributed by atoms with E-state index in [2.05, 4.69) is 15.6 Å². The molecule has 1 aliphatic heterocycles. The summed E-state index contributed by atoms with van der Waals surface area (Å²) < 4.78 is 40.0. The fourth-order valence-electron chi connectivity index (χ4n) is 4.32. The zero-order valence-corrected chi connectivity index (χ0v) is 17.2. The fraction of sp³-hybridized carbons (Fsp3) is 0.524. The van der Waals surface area contributed by atoms with Gasteiger partial charge in [-0.25, -0.2) is 9.78 Å². The second-order valence-corrected chi connectivity index (χ2v) is 8.50. The molecular weight excluding hydrogens is 417 g/mol. The van der Waals surface area contributed by atoms with Gasteiger partial charge in [0.25, 0.3) is 0 Å². The Hall–Kier alpha value is -2.22. The highest BCUT2D eigenvalue weighted by molar-refractivity contribution is 6.31. The topological polar surface area (TPSA) is 57.3 Å². The standard InChI is InChI=1S/C21H24ClF3N4O/c22-13-6-7-17-16(10-13)18(12-19(28-17)21(23,24)25)26-14-4-3-5-15(11-14)27-20(30)29-8-1-2-9-29/h6-7,10,12,14-15H,1-5,8-9,11H2,(H,26,28)(H,27,30)/t14-,15?/m0/s1. The van der Waals surface area contributed by atoms with E-state index in [1.54, 1.807) is 6.07 Å². The number of pyridine rings is 1. The summed E-state index contributed by atoms with van der Waals surface area (Å²) in [5, 5.41) is 7.36. The lowest BCUT2D eigenvalue weighted by Crippen LogP contribution is -2.47. The molecule has 162 valence electrons. The molecule has 1 aromatic carbocycles. The van der Waals surface area contributed by atoms with Gasteiger partial charge in [-0.2, -0.15) is 13.2 Å². The Morgan fingerprint density at radius 3 is 2.57 bits per heavy atom. The number of urea groups is 1. The van der Waals surface area contributed by atoms with Crippen LogP contribution in [0.2, 0.25) is 5.02 Å². The molecule has 0 bridgehead atoms. The Balaban J connectivity index is 1.52. The SMILES string of the molecule is O=C(NC1CCC[C@H](Nc2cc(C(F)(F)F)nc3ccc(Cl)cc23)C1)N1CCCC1. The Labute approximate surface area is 178 Å². The molecule has 2 atom stereocenters. The summed E-state index contributed by atoms with van der Waals surface area (Å²) >= 11 is 6.08. The van der Waals surface area contributed by atoms with Gasteiger partial charge in [0, 0.05) is 41.3 Å². The third-order valence-corrected chi connectivity index (χ3v) is 6.05. The zero-order valence-electron chi connectivity index (χ0n) is 16.4. The van der Waals surface area contributed by atoms with Crippen molar-refractivity contribution < 1.29 is 18.0 Å². The van der Waals surface area contributed by atoms with Crippen molar-refractivity contribution in [2.45, 2.75) is 56.8 Å². The van der Waals surface area contributed by atoms with Crippen LogP contribution in [0.5, 0.6) is 0 Å². The summed E-state index contributed by atoms with van der Waals surface area (Å²) in [6.07, 6.45) is 0.756. The van der Waals surface area contributed by atoms with Crippen molar-refractivity contribution in [3.63, 3.8) is 0 Å². The highest BCUT2D eigenvalue weighted by Gasteiger charge is 2.34. The number of halogens is 4. The summed E-state index contributed by atoms with van der Waals surface area (Å²) in [5.41, 5.74) is -0.327. The molecule has 1 aromatic heterocycles. The molecule has 5 nitrogen and oxygen atoms in total. The number of amides is 2. The normalized spacial score (nSPS) is 22.3. The van der Waals surface area contributed by atoms with E-state index in [4.69, 9.17) is 11.6 Å². The molecule has 30 heavy (non-hydrogen) atoms. The first-order valence-corrected chi connectivity index (χ1v) is 10.7. The second-order valence-electron chi connectivity index (χ2n) is 8.06. The van der Waals surface area contributed by atoms with Crippen LogP contribution in [0.15, 0.2) is 24.3 Å². The summed E-state index contributed by atoms with van der Waals surface area (Å²) in [5.74, 6) is 0. The van der Waals surface area contributed by atoms with E-state index < -0.39 is 11.9 Å². The van der Waals surface area contributed by atoms with Gasteiger partial charge in [0.2, 0.25) is 0 Å². The van der Waals surface area contributed by atoms with Crippen molar-refractivity contribution in [1.29, 1.82) is 0 Å². The molecule has 0 radical (unpaired) electrons. The van der Waals surface area contributed by atoms with E-state index in [1.165, 1.54) is 12.1 Å².